The van der Waals surface area contributed by atoms with Gasteiger partial charge in [0.05, 0.1) is 0 Å². The molecular weight excluding hydrogens is 307 g/mol. The molecule has 0 spiro atoms. The van der Waals surface area contributed by atoms with Gasteiger partial charge in [0.25, 0.3) is 0 Å². The molecule has 23 heavy (non-hydrogen) atoms. The van der Waals surface area contributed by atoms with Crippen molar-refractivity contribution in [3.8, 4) is 0 Å². The van der Waals surface area contributed by atoms with Crippen LogP contribution < -0.4 is 10.2 Å². The number of alkyl halides is 3. The van der Waals surface area contributed by atoms with E-state index in [1.54, 1.807) is 30.6 Å². The summed E-state index contributed by atoms with van der Waals surface area (Å²) in [6.45, 7) is 1.81. The van der Waals surface area contributed by atoms with Crippen molar-refractivity contribution in [1.29, 1.82) is 0 Å². The second-order valence-corrected chi connectivity index (χ2v) is 5.34. The fourth-order valence-corrected chi connectivity index (χ4v) is 2.45. The molecule has 0 bridgehead atoms. The van der Waals surface area contributed by atoms with Crippen LogP contribution in [0.4, 0.5) is 24.8 Å². The first-order chi connectivity index (χ1) is 11.0. The molecule has 0 aromatic carbocycles. The molecule has 3 rings (SSSR count). The van der Waals surface area contributed by atoms with E-state index >= 15 is 0 Å². The molecular formula is C15H16F3N5. The van der Waals surface area contributed by atoms with E-state index in [1.807, 2.05) is 4.90 Å². The van der Waals surface area contributed by atoms with Gasteiger partial charge in [-0.25, -0.2) is 9.97 Å². The highest BCUT2D eigenvalue weighted by atomic mass is 19.4. The Morgan fingerprint density at radius 1 is 1.09 bits per heavy atom. The first-order valence-electron chi connectivity index (χ1n) is 7.36. The SMILES string of the molecule is FC(F)(F)c1nc(NCc2ccncc2)cc(N2CCCC2)n1. The third-order valence-electron chi connectivity index (χ3n) is 3.62. The number of hydrogen-bond acceptors (Lipinski definition) is 5. The normalized spacial score (nSPS) is 15.0. The zero-order chi connectivity index (χ0) is 16.3. The van der Waals surface area contributed by atoms with Gasteiger partial charge in [0.2, 0.25) is 5.82 Å². The van der Waals surface area contributed by atoms with Crippen LogP contribution in [0.25, 0.3) is 0 Å². The number of pyridine rings is 1. The molecule has 5 nitrogen and oxygen atoms in total. The Balaban J connectivity index is 1.84. The fraction of sp³-hybridized carbons (Fsp3) is 0.400. The molecule has 0 radical (unpaired) electrons. The number of hydrogen-bond donors (Lipinski definition) is 1. The number of anilines is 2. The lowest BCUT2D eigenvalue weighted by Gasteiger charge is -2.19. The standard InChI is InChI=1S/C15H16F3N5/c16-15(17,18)14-21-12(20-10-11-3-5-19-6-4-11)9-13(22-14)23-7-1-2-8-23/h3-6,9H,1-2,7-8,10H2,(H,20,21,22). The molecule has 1 aliphatic rings. The first kappa shape index (κ1) is 15.5. The molecule has 0 amide bonds. The number of rotatable bonds is 4. The van der Waals surface area contributed by atoms with Crippen LogP contribution in [-0.2, 0) is 12.7 Å². The van der Waals surface area contributed by atoms with Gasteiger partial charge in [0, 0.05) is 38.1 Å². The Kier molecular flexibility index (Phi) is 4.31. The Morgan fingerprint density at radius 2 is 1.78 bits per heavy atom. The monoisotopic (exact) mass is 323 g/mol. The second-order valence-electron chi connectivity index (χ2n) is 5.34. The predicted molar refractivity (Wildman–Crippen MR) is 80.0 cm³/mol. The van der Waals surface area contributed by atoms with Gasteiger partial charge in [-0.1, -0.05) is 0 Å². The van der Waals surface area contributed by atoms with Crippen molar-refractivity contribution in [3.63, 3.8) is 0 Å². The quantitative estimate of drug-likeness (QED) is 0.937. The highest BCUT2D eigenvalue weighted by molar-refractivity contribution is 5.50. The first-order valence-corrected chi connectivity index (χ1v) is 7.36. The smallest absolute Gasteiger partial charge is 0.366 e. The average Bonchev–Trinajstić information content (AvgIpc) is 3.07. The lowest BCUT2D eigenvalue weighted by Crippen LogP contribution is -2.22. The maximum Gasteiger partial charge on any atom is 0.451 e. The molecule has 1 saturated heterocycles. The van der Waals surface area contributed by atoms with Crippen LogP contribution in [0.3, 0.4) is 0 Å². The van der Waals surface area contributed by atoms with Gasteiger partial charge in [-0.05, 0) is 30.5 Å². The van der Waals surface area contributed by atoms with E-state index in [0.29, 0.717) is 12.4 Å². The van der Waals surface area contributed by atoms with E-state index in [9.17, 15) is 13.2 Å². The van der Waals surface area contributed by atoms with Crippen molar-refractivity contribution in [1.82, 2.24) is 15.0 Å². The van der Waals surface area contributed by atoms with Crippen LogP contribution >= 0.6 is 0 Å². The van der Waals surface area contributed by atoms with Gasteiger partial charge < -0.3 is 10.2 Å². The minimum absolute atomic E-state index is 0.172. The van der Waals surface area contributed by atoms with Crippen molar-refractivity contribution in [3.05, 3.63) is 42.0 Å². The van der Waals surface area contributed by atoms with Gasteiger partial charge in [-0.3, -0.25) is 4.98 Å². The van der Waals surface area contributed by atoms with Gasteiger partial charge in [-0.15, -0.1) is 0 Å². The third kappa shape index (κ3) is 3.88. The maximum absolute atomic E-state index is 13.0. The largest absolute Gasteiger partial charge is 0.451 e. The topological polar surface area (TPSA) is 53.9 Å². The summed E-state index contributed by atoms with van der Waals surface area (Å²) in [6.07, 6.45) is 0.626. The van der Waals surface area contributed by atoms with E-state index in [2.05, 4.69) is 20.3 Å². The molecule has 1 aliphatic heterocycles. The molecule has 0 atom stereocenters. The molecule has 0 unspecified atom stereocenters. The molecule has 2 aromatic heterocycles. The van der Waals surface area contributed by atoms with E-state index in [4.69, 9.17) is 0 Å². The van der Waals surface area contributed by atoms with Gasteiger partial charge in [-0.2, -0.15) is 13.2 Å². The molecule has 0 aliphatic carbocycles. The van der Waals surface area contributed by atoms with Crippen LogP contribution in [0.5, 0.6) is 0 Å². The van der Waals surface area contributed by atoms with Crippen molar-refractivity contribution in [2.45, 2.75) is 25.6 Å². The number of aromatic nitrogens is 3. The van der Waals surface area contributed by atoms with Crippen LogP contribution in [-0.4, -0.2) is 28.0 Å². The molecule has 3 heterocycles. The number of halogens is 3. The molecule has 8 heteroatoms. The highest BCUT2D eigenvalue weighted by Crippen LogP contribution is 2.30. The summed E-state index contributed by atoms with van der Waals surface area (Å²) in [5.41, 5.74) is 0.912. The number of nitrogens with zero attached hydrogens (tertiary/aromatic N) is 4. The summed E-state index contributed by atoms with van der Waals surface area (Å²) in [7, 11) is 0. The lowest BCUT2D eigenvalue weighted by atomic mass is 10.3. The fourth-order valence-electron chi connectivity index (χ4n) is 2.45. The van der Waals surface area contributed by atoms with Crippen molar-refractivity contribution in [2.24, 2.45) is 0 Å². The van der Waals surface area contributed by atoms with Crippen LogP contribution in [0.2, 0.25) is 0 Å². The Labute approximate surface area is 131 Å². The van der Waals surface area contributed by atoms with Crippen molar-refractivity contribution in [2.75, 3.05) is 23.3 Å². The summed E-state index contributed by atoms with van der Waals surface area (Å²) in [6, 6.07) is 5.15. The highest BCUT2D eigenvalue weighted by Gasteiger charge is 2.36. The second kappa shape index (κ2) is 6.39. The van der Waals surface area contributed by atoms with E-state index in [0.717, 1.165) is 31.5 Å². The van der Waals surface area contributed by atoms with E-state index < -0.39 is 12.0 Å². The third-order valence-corrected chi connectivity index (χ3v) is 3.62. The average molecular weight is 323 g/mol. The summed E-state index contributed by atoms with van der Waals surface area (Å²) < 4.78 is 39.1. The van der Waals surface area contributed by atoms with Crippen LogP contribution in [0.15, 0.2) is 30.6 Å². The van der Waals surface area contributed by atoms with E-state index in [-0.39, 0.29) is 5.82 Å². The van der Waals surface area contributed by atoms with Crippen LogP contribution in [0, 0.1) is 0 Å². The van der Waals surface area contributed by atoms with Gasteiger partial charge in [0.15, 0.2) is 0 Å². The Morgan fingerprint density at radius 3 is 2.43 bits per heavy atom. The molecule has 1 N–H and O–H groups in total. The molecule has 122 valence electrons. The summed E-state index contributed by atoms with van der Waals surface area (Å²) in [4.78, 5) is 13.0. The molecule has 0 saturated carbocycles. The number of nitrogens with one attached hydrogen (secondary N) is 1. The summed E-state index contributed by atoms with van der Waals surface area (Å²) >= 11 is 0. The minimum Gasteiger partial charge on any atom is -0.366 e. The summed E-state index contributed by atoms with van der Waals surface area (Å²) in [5.74, 6) is -0.618. The predicted octanol–water partition coefficient (Wildman–Crippen LogP) is 3.10. The Bertz CT molecular complexity index is 654. The Hall–Kier alpha value is -2.38. The van der Waals surface area contributed by atoms with Crippen molar-refractivity contribution < 1.29 is 13.2 Å². The van der Waals surface area contributed by atoms with Gasteiger partial charge >= 0.3 is 6.18 Å². The summed E-state index contributed by atoms with van der Waals surface area (Å²) in [5, 5.41) is 2.93. The van der Waals surface area contributed by atoms with Crippen LogP contribution in [0.1, 0.15) is 24.2 Å². The van der Waals surface area contributed by atoms with Gasteiger partial charge in [0.1, 0.15) is 11.6 Å². The van der Waals surface area contributed by atoms with E-state index in [1.165, 1.54) is 0 Å². The van der Waals surface area contributed by atoms with Crippen molar-refractivity contribution >= 4 is 11.6 Å². The lowest BCUT2D eigenvalue weighted by molar-refractivity contribution is -0.144. The molecule has 2 aromatic rings. The zero-order valence-corrected chi connectivity index (χ0v) is 12.3. The molecule has 1 fully saturated rings. The zero-order valence-electron chi connectivity index (χ0n) is 12.3. The minimum atomic E-state index is -4.57. The maximum atomic E-state index is 13.0.